The Balaban J connectivity index is 2.26. The van der Waals surface area contributed by atoms with Crippen LogP contribution in [0.3, 0.4) is 0 Å². The van der Waals surface area contributed by atoms with E-state index in [4.69, 9.17) is 11.0 Å². The maximum Gasteiger partial charge on any atom is 0.255 e. The van der Waals surface area contributed by atoms with Crippen LogP contribution in [-0.2, 0) is 0 Å². The third kappa shape index (κ3) is 2.72. The summed E-state index contributed by atoms with van der Waals surface area (Å²) in [4.78, 5) is 25.0. The smallest absolute Gasteiger partial charge is 0.255 e. The van der Waals surface area contributed by atoms with Crippen LogP contribution in [0.15, 0.2) is 24.3 Å². The van der Waals surface area contributed by atoms with Crippen molar-refractivity contribution in [2.45, 2.75) is 6.04 Å². The highest BCUT2D eigenvalue weighted by Crippen LogP contribution is 2.12. The zero-order chi connectivity index (χ0) is 13.8. The van der Waals surface area contributed by atoms with Crippen LogP contribution in [0.25, 0.3) is 0 Å². The number of carbonyl (C=O) groups excluding carboxylic acids is 2. The molecule has 0 spiro atoms. The Morgan fingerprint density at radius 1 is 1.42 bits per heavy atom. The first kappa shape index (κ1) is 13.1. The van der Waals surface area contributed by atoms with Crippen LogP contribution in [0, 0.1) is 11.3 Å². The number of hydrogen-bond donors (Lipinski definition) is 2. The number of piperazine rings is 1. The summed E-state index contributed by atoms with van der Waals surface area (Å²) in [5.41, 5.74) is 5.85. The molecule has 0 aromatic heterocycles. The van der Waals surface area contributed by atoms with Crippen molar-refractivity contribution in [2.24, 2.45) is 5.73 Å². The standard InChI is InChI=1S/C13H14N4O2/c14-7-11-8-16-4-5-17(11)13(19)10-3-1-2-9(6-10)12(15)18/h1-3,6,11,16H,4-5,8H2,(H2,15,18). The Bertz CT molecular complexity index is 550. The summed E-state index contributed by atoms with van der Waals surface area (Å²) in [5, 5.41) is 12.1. The third-order valence-corrected chi connectivity index (χ3v) is 3.05. The molecule has 0 aliphatic carbocycles. The molecule has 1 aliphatic rings. The Labute approximate surface area is 110 Å². The molecule has 2 amide bonds. The van der Waals surface area contributed by atoms with E-state index in [1.54, 1.807) is 18.2 Å². The van der Waals surface area contributed by atoms with Gasteiger partial charge in [-0.25, -0.2) is 0 Å². The van der Waals surface area contributed by atoms with Gasteiger partial charge in [0, 0.05) is 30.8 Å². The average molecular weight is 258 g/mol. The number of hydrogen-bond acceptors (Lipinski definition) is 4. The van der Waals surface area contributed by atoms with Gasteiger partial charge in [-0.15, -0.1) is 0 Å². The monoisotopic (exact) mass is 258 g/mol. The fourth-order valence-electron chi connectivity index (χ4n) is 2.03. The zero-order valence-electron chi connectivity index (χ0n) is 10.3. The second kappa shape index (κ2) is 5.50. The molecule has 1 aromatic carbocycles. The van der Waals surface area contributed by atoms with Crippen LogP contribution in [0.2, 0.25) is 0 Å². The molecular formula is C13H14N4O2. The molecule has 3 N–H and O–H groups in total. The van der Waals surface area contributed by atoms with Gasteiger partial charge >= 0.3 is 0 Å². The van der Waals surface area contributed by atoms with Gasteiger partial charge in [-0.05, 0) is 18.2 Å². The lowest BCUT2D eigenvalue weighted by Gasteiger charge is -2.32. The van der Waals surface area contributed by atoms with E-state index < -0.39 is 11.9 Å². The fraction of sp³-hybridized carbons (Fsp3) is 0.308. The van der Waals surface area contributed by atoms with Gasteiger partial charge in [-0.2, -0.15) is 5.26 Å². The lowest BCUT2D eigenvalue weighted by molar-refractivity contribution is 0.0687. The summed E-state index contributed by atoms with van der Waals surface area (Å²) >= 11 is 0. The van der Waals surface area contributed by atoms with Gasteiger partial charge < -0.3 is 16.0 Å². The van der Waals surface area contributed by atoms with Crippen LogP contribution in [0.1, 0.15) is 20.7 Å². The molecule has 19 heavy (non-hydrogen) atoms. The van der Waals surface area contributed by atoms with Crippen molar-refractivity contribution in [1.82, 2.24) is 10.2 Å². The molecule has 2 rings (SSSR count). The molecule has 98 valence electrons. The molecule has 1 aromatic rings. The number of rotatable bonds is 2. The predicted octanol–water partition coefficient (Wildman–Crippen LogP) is -0.277. The second-order valence-electron chi connectivity index (χ2n) is 4.29. The number of nitriles is 1. The normalized spacial score (nSPS) is 18.7. The number of carbonyl (C=O) groups is 2. The molecule has 6 nitrogen and oxygen atoms in total. The highest BCUT2D eigenvalue weighted by Gasteiger charge is 2.27. The summed E-state index contributed by atoms with van der Waals surface area (Å²) in [5.74, 6) is -0.831. The number of nitrogens with two attached hydrogens (primary N) is 1. The summed E-state index contributed by atoms with van der Waals surface area (Å²) in [7, 11) is 0. The van der Waals surface area contributed by atoms with Crippen molar-refractivity contribution in [3.8, 4) is 6.07 Å². The minimum absolute atomic E-state index is 0.254. The van der Waals surface area contributed by atoms with E-state index >= 15 is 0 Å². The first-order valence-electron chi connectivity index (χ1n) is 5.94. The van der Waals surface area contributed by atoms with Gasteiger partial charge in [0.1, 0.15) is 6.04 Å². The van der Waals surface area contributed by atoms with Crippen molar-refractivity contribution in [1.29, 1.82) is 5.26 Å². The Morgan fingerprint density at radius 2 is 2.16 bits per heavy atom. The van der Waals surface area contributed by atoms with Gasteiger partial charge in [0.15, 0.2) is 0 Å². The van der Waals surface area contributed by atoms with Crippen LogP contribution < -0.4 is 11.1 Å². The Kier molecular flexibility index (Phi) is 3.78. The molecule has 6 heteroatoms. The first-order chi connectivity index (χ1) is 9.13. The second-order valence-corrected chi connectivity index (χ2v) is 4.29. The van der Waals surface area contributed by atoms with Crippen LogP contribution in [-0.4, -0.2) is 42.4 Å². The van der Waals surface area contributed by atoms with Crippen LogP contribution in [0.5, 0.6) is 0 Å². The Morgan fingerprint density at radius 3 is 2.84 bits per heavy atom. The predicted molar refractivity (Wildman–Crippen MR) is 68.3 cm³/mol. The molecule has 0 radical (unpaired) electrons. The van der Waals surface area contributed by atoms with Gasteiger partial charge in [-0.1, -0.05) is 6.07 Å². The lowest BCUT2D eigenvalue weighted by atomic mass is 10.1. The molecule has 0 saturated carbocycles. The number of primary amides is 1. The van der Waals surface area contributed by atoms with Gasteiger partial charge in [0.05, 0.1) is 6.07 Å². The summed E-state index contributed by atoms with van der Waals surface area (Å²) in [6, 6.07) is 7.84. The highest BCUT2D eigenvalue weighted by atomic mass is 16.2. The zero-order valence-corrected chi connectivity index (χ0v) is 10.3. The molecule has 1 fully saturated rings. The number of nitrogens with zero attached hydrogens (tertiary/aromatic N) is 2. The molecular weight excluding hydrogens is 244 g/mol. The van der Waals surface area contributed by atoms with E-state index in [1.165, 1.54) is 11.0 Å². The van der Waals surface area contributed by atoms with E-state index in [9.17, 15) is 9.59 Å². The molecule has 1 aliphatic heterocycles. The summed E-state index contributed by atoms with van der Waals surface area (Å²) in [6.45, 7) is 1.58. The van der Waals surface area contributed by atoms with Crippen molar-refractivity contribution >= 4 is 11.8 Å². The SMILES string of the molecule is N#CC1CNCCN1C(=O)c1cccc(C(N)=O)c1. The van der Waals surface area contributed by atoms with E-state index in [1.807, 2.05) is 0 Å². The molecule has 0 bridgehead atoms. The van der Waals surface area contributed by atoms with Gasteiger partial charge in [0.2, 0.25) is 5.91 Å². The van der Waals surface area contributed by atoms with Crippen molar-refractivity contribution in [3.05, 3.63) is 35.4 Å². The number of nitrogens with one attached hydrogen (secondary N) is 1. The number of amides is 2. The quantitative estimate of drug-likeness (QED) is 0.762. The first-order valence-corrected chi connectivity index (χ1v) is 5.94. The largest absolute Gasteiger partial charge is 0.366 e. The third-order valence-electron chi connectivity index (χ3n) is 3.05. The minimum atomic E-state index is -0.577. The maximum absolute atomic E-state index is 12.3. The molecule has 1 heterocycles. The van der Waals surface area contributed by atoms with Crippen molar-refractivity contribution < 1.29 is 9.59 Å². The topological polar surface area (TPSA) is 99.2 Å². The fourth-order valence-corrected chi connectivity index (χ4v) is 2.03. The van der Waals surface area contributed by atoms with Gasteiger partial charge in [0.25, 0.3) is 5.91 Å². The highest BCUT2D eigenvalue weighted by molar-refractivity contribution is 5.99. The van der Waals surface area contributed by atoms with Gasteiger partial charge in [-0.3, -0.25) is 9.59 Å². The van der Waals surface area contributed by atoms with Crippen molar-refractivity contribution in [3.63, 3.8) is 0 Å². The average Bonchev–Trinajstić information content (AvgIpc) is 2.46. The molecule has 1 saturated heterocycles. The van der Waals surface area contributed by atoms with E-state index in [0.29, 0.717) is 25.2 Å². The molecule has 1 atom stereocenters. The van der Waals surface area contributed by atoms with Crippen LogP contribution >= 0.6 is 0 Å². The summed E-state index contributed by atoms with van der Waals surface area (Å²) < 4.78 is 0. The van der Waals surface area contributed by atoms with Crippen LogP contribution in [0.4, 0.5) is 0 Å². The van der Waals surface area contributed by atoms with Crippen molar-refractivity contribution in [2.75, 3.05) is 19.6 Å². The van der Waals surface area contributed by atoms with E-state index in [2.05, 4.69) is 11.4 Å². The van der Waals surface area contributed by atoms with E-state index in [0.717, 1.165) is 0 Å². The summed E-state index contributed by atoms with van der Waals surface area (Å²) in [6.07, 6.45) is 0. The van der Waals surface area contributed by atoms with E-state index in [-0.39, 0.29) is 11.5 Å². The molecule has 1 unspecified atom stereocenters. The lowest BCUT2D eigenvalue weighted by Crippen LogP contribution is -2.53. The minimum Gasteiger partial charge on any atom is -0.366 e. The number of benzene rings is 1. The Hall–Kier alpha value is -2.39. The maximum atomic E-state index is 12.3.